The van der Waals surface area contributed by atoms with Crippen molar-refractivity contribution in [1.82, 2.24) is 24.9 Å². The molecule has 11 heteroatoms. The van der Waals surface area contributed by atoms with Crippen molar-refractivity contribution in [2.24, 2.45) is 4.99 Å². The number of hydrogen-bond donors (Lipinski definition) is 1. The smallest absolute Gasteiger partial charge is 0.328 e. The first-order valence-corrected chi connectivity index (χ1v) is 11.2. The minimum Gasteiger partial charge on any atom is -0.355 e. The standard InChI is InChI=1S/C23H26N8O3/c1-28-21-20(22(33)29(2)23(28)34)31(14-24-21)13-19(32)25-16-7-5-15(6-8-16)17-9-10-18(27-26-17)30-11-3-4-12-30/h5-10,14,20-21H,3-4,11-13H2,1-2H3,(H,25,32). The molecule has 2 atom stereocenters. The van der Waals surface area contributed by atoms with E-state index in [1.54, 1.807) is 24.1 Å². The molecular formula is C23H26N8O3. The molecular weight excluding hydrogens is 436 g/mol. The van der Waals surface area contributed by atoms with Crippen molar-refractivity contribution in [3.05, 3.63) is 36.4 Å². The van der Waals surface area contributed by atoms with Gasteiger partial charge in [0.1, 0.15) is 0 Å². The van der Waals surface area contributed by atoms with Crippen molar-refractivity contribution < 1.29 is 14.4 Å². The van der Waals surface area contributed by atoms with Gasteiger partial charge in [0.2, 0.25) is 5.91 Å². The molecule has 1 N–H and O–H groups in total. The van der Waals surface area contributed by atoms with Crippen LogP contribution in [-0.4, -0.2) is 95.0 Å². The van der Waals surface area contributed by atoms with Crippen molar-refractivity contribution in [1.29, 1.82) is 0 Å². The van der Waals surface area contributed by atoms with Crippen molar-refractivity contribution in [3.8, 4) is 11.3 Å². The number of likely N-dealkylation sites (N-methyl/N-ethyl adjacent to an activating group) is 2. The van der Waals surface area contributed by atoms with Gasteiger partial charge in [-0.15, -0.1) is 10.2 Å². The topological polar surface area (TPSA) is 114 Å². The molecule has 1 aromatic heterocycles. The molecule has 0 saturated carbocycles. The average molecular weight is 463 g/mol. The van der Waals surface area contributed by atoms with Crippen molar-refractivity contribution >= 4 is 35.7 Å². The van der Waals surface area contributed by atoms with Gasteiger partial charge in [-0.3, -0.25) is 14.5 Å². The zero-order valence-electron chi connectivity index (χ0n) is 19.1. The fraction of sp³-hybridized carbons (Fsp3) is 0.391. The Kier molecular flexibility index (Phi) is 5.60. The molecule has 0 radical (unpaired) electrons. The second-order valence-electron chi connectivity index (χ2n) is 8.68. The number of urea groups is 1. The third kappa shape index (κ3) is 3.93. The number of rotatable bonds is 5. The molecule has 3 aliphatic heterocycles. The molecule has 34 heavy (non-hydrogen) atoms. The summed E-state index contributed by atoms with van der Waals surface area (Å²) in [6, 6.07) is 10.2. The summed E-state index contributed by atoms with van der Waals surface area (Å²) in [6.45, 7) is 1.98. The number of aliphatic imine (C=N–C) groups is 1. The van der Waals surface area contributed by atoms with Crippen molar-refractivity contribution in [2.75, 3.05) is 43.9 Å². The molecule has 5 rings (SSSR count). The molecule has 3 aliphatic rings. The summed E-state index contributed by atoms with van der Waals surface area (Å²) >= 11 is 0. The fourth-order valence-corrected chi connectivity index (χ4v) is 4.53. The lowest BCUT2D eigenvalue weighted by molar-refractivity contribution is -0.136. The lowest BCUT2D eigenvalue weighted by Gasteiger charge is -2.39. The number of benzene rings is 1. The monoisotopic (exact) mass is 462 g/mol. The quantitative estimate of drug-likeness (QED) is 0.711. The Hall–Kier alpha value is -4.02. The molecule has 176 valence electrons. The Balaban J connectivity index is 1.20. The van der Waals surface area contributed by atoms with Crippen LogP contribution in [0.5, 0.6) is 0 Å². The van der Waals surface area contributed by atoms with Gasteiger partial charge >= 0.3 is 6.03 Å². The molecule has 0 bridgehead atoms. The minimum atomic E-state index is -0.706. The van der Waals surface area contributed by atoms with Crippen LogP contribution in [0.4, 0.5) is 16.3 Å². The first-order valence-electron chi connectivity index (χ1n) is 11.2. The lowest BCUT2D eigenvalue weighted by atomic mass is 10.1. The first-order chi connectivity index (χ1) is 16.4. The molecule has 2 saturated heterocycles. The fourth-order valence-electron chi connectivity index (χ4n) is 4.53. The number of carbonyl (C=O) groups is 3. The summed E-state index contributed by atoms with van der Waals surface area (Å²) in [4.78, 5) is 47.9. The summed E-state index contributed by atoms with van der Waals surface area (Å²) in [6.07, 6.45) is 3.21. The normalized spacial score (nSPS) is 21.9. The van der Waals surface area contributed by atoms with E-state index in [1.807, 2.05) is 24.3 Å². The van der Waals surface area contributed by atoms with Crippen molar-refractivity contribution in [2.45, 2.75) is 25.0 Å². The molecule has 11 nitrogen and oxygen atoms in total. The van der Waals surface area contributed by atoms with E-state index in [9.17, 15) is 14.4 Å². The van der Waals surface area contributed by atoms with E-state index in [4.69, 9.17) is 0 Å². The van der Waals surface area contributed by atoms with E-state index >= 15 is 0 Å². The predicted octanol–water partition coefficient (Wildman–Crippen LogP) is 1.24. The van der Waals surface area contributed by atoms with Gasteiger partial charge < -0.3 is 20.0 Å². The first kappa shape index (κ1) is 21.8. The van der Waals surface area contributed by atoms with E-state index < -0.39 is 18.2 Å². The maximum absolute atomic E-state index is 12.6. The SMILES string of the molecule is CN1C(=O)C2C(N=CN2CC(=O)Nc2ccc(-c3ccc(N4CCCC4)nn3)cc2)N(C)C1=O. The molecule has 0 aliphatic carbocycles. The molecule has 1 aromatic carbocycles. The molecule has 2 unspecified atom stereocenters. The largest absolute Gasteiger partial charge is 0.355 e. The van der Waals surface area contributed by atoms with E-state index in [0.717, 1.165) is 35.1 Å². The van der Waals surface area contributed by atoms with Gasteiger partial charge in [0.05, 0.1) is 18.6 Å². The Morgan fingerprint density at radius 1 is 1.03 bits per heavy atom. The number of hydrogen-bond acceptors (Lipinski definition) is 8. The van der Waals surface area contributed by atoms with E-state index in [1.165, 1.54) is 31.1 Å². The number of imide groups is 1. The number of nitrogens with zero attached hydrogens (tertiary/aromatic N) is 7. The number of anilines is 2. The number of fused-ring (bicyclic) bond motifs is 1. The van der Waals surface area contributed by atoms with Gasteiger partial charge in [-0.25, -0.2) is 9.79 Å². The van der Waals surface area contributed by atoms with Crippen LogP contribution in [0, 0.1) is 0 Å². The average Bonchev–Trinajstić information content (AvgIpc) is 3.53. The molecule has 4 heterocycles. The summed E-state index contributed by atoms with van der Waals surface area (Å²) in [5.74, 6) is 0.236. The summed E-state index contributed by atoms with van der Waals surface area (Å²) in [5, 5.41) is 11.5. The minimum absolute atomic E-state index is 0.0581. The number of carbonyl (C=O) groups excluding carboxylic acids is 3. The third-order valence-corrected chi connectivity index (χ3v) is 6.45. The maximum Gasteiger partial charge on any atom is 0.328 e. The van der Waals surface area contributed by atoms with Gasteiger partial charge in [-0.2, -0.15) is 0 Å². The Labute approximate surface area is 197 Å². The zero-order valence-corrected chi connectivity index (χ0v) is 19.1. The summed E-state index contributed by atoms with van der Waals surface area (Å²) in [5.41, 5.74) is 2.29. The van der Waals surface area contributed by atoms with Crippen LogP contribution in [0.1, 0.15) is 12.8 Å². The van der Waals surface area contributed by atoms with E-state index in [2.05, 4.69) is 25.4 Å². The number of nitrogens with one attached hydrogen (secondary N) is 1. The Bertz CT molecular complexity index is 1130. The molecule has 2 fully saturated rings. The van der Waals surface area contributed by atoms with Gasteiger partial charge in [0, 0.05) is 38.4 Å². The Morgan fingerprint density at radius 3 is 2.44 bits per heavy atom. The van der Waals surface area contributed by atoms with Crippen molar-refractivity contribution in [3.63, 3.8) is 0 Å². The van der Waals surface area contributed by atoms with Crippen LogP contribution in [0.3, 0.4) is 0 Å². The van der Waals surface area contributed by atoms with Crippen LogP contribution in [0.15, 0.2) is 41.4 Å². The second-order valence-corrected chi connectivity index (χ2v) is 8.68. The highest BCUT2D eigenvalue weighted by atomic mass is 16.2. The highest BCUT2D eigenvalue weighted by Crippen LogP contribution is 2.25. The number of aromatic nitrogens is 2. The molecule has 4 amide bonds. The zero-order chi connectivity index (χ0) is 23.8. The highest BCUT2D eigenvalue weighted by Gasteiger charge is 2.48. The highest BCUT2D eigenvalue weighted by molar-refractivity contribution is 6.02. The maximum atomic E-state index is 12.6. The van der Waals surface area contributed by atoms with Crippen LogP contribution < -0.4 is 10.2 Å². The van der Waals surface area contributed by atoms with E-state index in [-0.39, 0.29) is 18.4 Å². The second kappa shape index (κ2) is 8.73. The van der Waals surface area contributed by atoms with Gasteiger partial charge in [0.25, 0.3) is 5.91 Å². The van der Waals surface area contributed by atoms with Crippen LogP contribution in [-0.2, 0) is 9.59 Å². The van der Waals surface area contributed by atoms with E-state index in [0.29, 0.717) is 5.69 Å². The molecule has 0 spiro atoms. The number of amides is 4. The van der Waals surface area contributed by atoms with Gasteiger partial charge in [-0.05, 0) is 37.1 Å². The third-order valence-electron chi connectivity index (χ3n) is 6.45. The summed E-state index contributed by atoms with van der Waals surface area (Å²) < 4.78 is 0. The van der Waals surface area contributed by atoms with Crippen LogP contribution in [0.2, 0.25) is 0 Å². The van der Waals surface area contributed by atoms with Crippen LogP contribution in [0.25, 0.3) is 11.3 Å². The summed E-state index contributed by atoms with van der Waals surface area (Å²) in [7, 11) is 3.02. The predicted molar refractivity (Wildman–Crippen MR) is 126 cm³/mol. The molecule has 2 aromatic rings. The Morgan fingerprint density at radius 2 is 1.76 bits per heavy atom. The lowest BCUT2D eigenvalue weighted by Crippen LogP contribution is -2.64. The van der Waals surface area contributed by atoms with Gasteiger partial charge in [-0.1, -0.05) is 12.1 Å². The van der Waals surface area contributed by atoms with Gasteiger partial charge in [0.15, 0.2) is 18.0 Å². The van der Waals surface area contributed by atoms with Crippen LogP contribution >= 0.6 is 0 Å².